The molecule has 0 spiro atoms. The Bertz CT molecular complexity index is 1260. The summed E-state index contributed by atoms with van der Waals surface area (Å²) in [6.45, 7) is 5.02. The van der Waals surface area contributed by atoms with Gasteiger partial charge >= 0.3 is 12.2 Å². The van der Waals surface area contributed by atoms with E-state index in [1.165, 1.54) is 11.0 Å². The van der Waals surface area contributed by atoms with Crippen LogP contribution >= 0.6 is 0 Å². The van der Waals surface area contributed by atoms with Crippen molar-refractivity contribution in [2.45, 2.75) is 32.5 Å². The summed E-state index contributed by atoms with van der Waals surface area (Å²) in [7, 11) is 1.61. The van der Waals surface area contributed by atoms with Crippen LogP contribution in [-0.4, -0.2) is 62.2 Å². The highest BCUT2D eigenvalue weighted by atomic mass is 19.1. The molecule has 13 heteroatoms. The van der Waals surface area contributed by atoms with Crippen LogP contribution in [0.3, 0.4) is 0 Å². The highest BCUT2D eigenvalue weighted by molar-refractivity contribution is 5.90. The highest BCUT2D eigenvalue weighted by Gasteiger charge is 2.35. The van der Waals surface area contributed by atoms with Gasteiger partial charge in [0, 0.05) is 23.4 Å². The number of hydrogen-bond acceptors (Lipinski definition) is 8. The summed E-state index contributed by atoms with van der Waals surface area (Å²) in [4.78, 5) is 30.5. The fourth-order valence-corrected chi connectivity index (χ4v) is 3.37. The fraction of sp³-hybridized carbons (Fsp3) is 0.364. The van der Waals surface area contributed by atoms with Crippen molar-refractivity contribution in [2.24, 2.45) is 7.05 Å². The number of anilines is 1. The molecule has 2 amide bonds. The number of pyridine rings is 1. The third-order valence-corrected chi connectivity index (χ3v) is 4.89. The summed E-state index contributed by atoms with van der Waals surface area (Å²) in [6, 6.07) is 5.03. The second-order valence-corrected chi connectivity index (χ2v) is 8.82. The normalized spacial score (nSPS) is 15.8. The molecule has 0 aliphatic carbocycles. The van der Waals surface area contributed by atoms with Gasteiger partial charge in [0.2, 0.25) is 5.82 Å². The molecule has 3 heterocycles. The van der Waals surface area contributed by atoms with E-state index in [0.29, 0.717) is 17.1 Å². The van der Waals surface area contributed by atoms with Crippen molar-refractivity contribution < 1.29 is 27.8 Å². The van der Waals surface area contributed by atoms with Crippen LogP contribution in [-0.2, 0) is 16.5 Å². The summed E-state index contributed by atoms with van der Waals surface area (Å²) in [5.74, 6) is -1.28. The number of rotatable bonds is 5. The first kappa shape index (κ1) is 24.0. The Morgan fingerprint density at radius 2 is 2.03 bits per heavy atom. The third kappa shape index (κ3) is 5.50. The Labute approximate surface area is 199 Å². The zero-order valence-corrected chi connectivity index (χ0v) is 19.5. The largest absolute Gasteiger partial charge is 0.444 e. The van der Waals surface area contributed by atoms with Crippen molar-refractivity contribution in [2.75, 3.05) is 18.0 Å². The van der Waals surface area contributed by atoms with Crippen molar-refractivity contribution in [3.05, 3.63) is 42.1 Å². The fourth-order valence-electron chi connectivity index (χ4n) is 3.37. The molecule has 0 radical (unpaired) electrons. The molecule has 184 valence electrons. The molecule has 4 rings (SSSR count). The van der Waals surface area contributed by atoms with Crippen LogP contribution in [0.15, 0.2) is 30.5 Å². The number of tetrazole rings is 1. The van der Waals surface area contributed by atoms with Gasteiger partial charge in [-0.2, -0.15) is 4.80 Å². The molecular formula is C22H23F2N7O4. The molecule has 1 aliphatic heterocycles. The smallest absolute Gasteiger partial charge is 0.414 e. The zero-order valence-electron chi connectivity index (χ0n) is 19.5. The SMILES string of the molecule is Cn1nnc(-c2ccc(-c3cc(F)c(N4C[C@H](CNC(=O)OC(C)(C)C)OC4=O)cc3F)cn2)n1. The molecule has 1 N–H and O–H groups in total. The molecule has 1 aromatic carbocycles. The van der Waals surface area contributed by atoms with E-state index in [4.69, 9.17) is 9.47 Å². The van der Waals surface area contributed by atoms with E-state index in [1.807, 2.05) is 0 Å². The lowest BCUT2D eigenvalue weighted by molar-refractivity contribution is 0.0496. The molecule has 1 atom stereocenters. The van der Waals surface area contributed by atoms with Crippen molar-refractivity contribution in [3.63, 3.8) is 0 Å². The number of nitrogens with one attached hydrogen (secondary N) is 1. The number of carbonyl (C=O) groups excluding carboxylic acids is 2. The van der Waals surface area contributed by atoms with Gasteiger partial charge in [0.15, 0.2) is 0 Å². The van der Waals surface area contributed by atoms with Crippen LogP contribution in [0, 0.1) is 11.6 Å². The van der Waals surface area contributed by atoms with Gasteiger partial charge in [0.1, 0.15) is 29.0 Å². The minimum absolute atomic E-state index is 0.0342. The van der Waals surface area contributed by atoms with Crippen LogP contribution in [0.2, 0.25) is 0 Å². The summed E-state index contributed by atoms with van der Waals surface area (Å²) in [5.41, 5.74) is -0.251. The Morgan fingerprint density at radius 3 is 2.66 bits per heavy atom. The molecular weight excluding hydrogens is 464 g/mol. The van der Waals surface area contributed by atoms with Crippen molar-refractivity contribution in [1.82, 2.24) is 30.5 Å². The number of benzene rings is 1. The lowest BCUT2D eigenvalue weighted by Gasteiger charge is -2.20. The quantitative estimate of drug-likeness (QED) is 0.582. The average Bonchev–Trinajstić information content (AvgIpc) is 3.38. The second-order valence-electron chi connectivity index (χ2n) is 8.82. The van der Waals surface area contributed by atoms with E-state index in [2.05, 4.69) is 25.7 Å². The Kier molecular flexibility index (Phi) is 6.33. The van der Waals surface area contributed by atoms with Crippen LogP contribution < -0.4 is 10.2 Å². The van der Waals surface area contributed by atoms with Crippen molar-refractivity contribution in [1.29, 1.82) is 0 Å². The van der Waals surface area contributed by atoms with Crippen molar-refractivity contribution >= 4 is 17.9 Å². The van der Waals surface area contributed by atoms with E-state index in [0.717, 1.165) is 17.0 Å². The van der Waals surface area contributed by atoms with E-state index < -0.39 is 35.5 Å². The summed E-state index contributed by atoms with van der Waals surface area (Å²) < 4.78 is 40.2. The molecule has 0 saturated carbocycles. The Balaban J connectivity index is 1.47. The maximum Gasteiger partial charge on any atom is 0.414 e. The molecule has 0 unspecified atom stereocenters. The molecule has 11 nitrogen and oxygen atoms in total. The van der Waals surface area contributed by atoms with Crippen LogP contribution in [0.4, 0.5) is 24.1 Å². The molecule has 2 aromatic heterocycles. The van der Waals surface area contributed by atoms with Gasteiger partial charge < -0.3 is 14.8 Å². The van der Waals surface area contributed by atoms with E-state index >= 15 is 0 Å². The Hall–Kier alpha value is -4.16. The molecule has 35 heavy (non-hydrogen) atoms. The van der Waals surface area contributed by atoms with Gasteiger partial charge in [-0.15, -0.1) is 10.2 Å². The first-order valence-corrected chi connectivity index (χ1v) is 10.6. The molecule has 3 aromatic rings. The van der Waals surface area contributed by atoms with E-state index in [1.54, 1.807) is 40.0 Å². The Morgan fingerprint density at radius 1 is 1.26 bits per heavy atom. The number of aryl methyl sites for hydroxylation is 1. The number of aromatic nitrogens is 5. The molecule has 1 fully saturated rings. The molecule has 1 aliphatic rings. The highest BCUT2D eigenvalue weighted by Crippen LogP contribution is 2.32. The van der Waals surface area contributed by atoms with E-state index in [9.17, 15) is 18.4 Å². The van der Waals surface area contributed by atoms with E-state index in [-0.39, 0.29) is 24.3 Å². The minimum Gasteiger partial charge on any atom is -0.444 e. The third-order valence-electron chi connectivity index (χ3n) is 4.89. The van der Waals surface area contributed by atoms with Gasteiger partial charge in [0.25, 0.3) is 0 Å². The number of nitrogens with zero attached hydrogens (tertiary/aromatic N) is 6. The number of ether oxygens (including phenoxy) is 2. The zero-order chi connectivity index (χ0) is 25.3. The van der Waals surface area contributed by atoms with Crippen molar-refractivity contribution in [3.8, 4) is 22.6 Å². The maximum absolute atomic E-state index is 15.0. The minimum atomic E-state index is -0.852. The number of amides is 2. The summed E-state index contributed by atoms with van der Waals surface area (Å²) >= 11 is 0. The first-order chi connectivity index (χ1) is 16.5. The summed E-state index contributed by atoms with van der Waals surface area (Å²) in [5, 5.41) is 14.1. The summed E-state index contributed by atoms with van der Waals surface area (Å²) in [6.07, 6.45) is -0.924. The molecule has 0 bridgehead atoms. The lowest BCUT2D eigenvalue weighted by atomic mass is 10.1. The van der Waals surface area contributed by atoms with Crippen LogP contribution in [0.25, 0.3) is 22.6 Å². The topological polar surface area (TPSA) is 124 Å². The second kappa shape index (κ2) is 9.24. The number of carbonyl (C=O) groups is 2. The van der Waals surface area contributed by atoms with Gasteiger partial charge in [-0.05, 0) is 38.1 Å². The van der Waals surface area contributed by atoms with Gasteiger partial charge in [0.05, 0.1) is 25.8 Å². The number of hydrogen-bond donors (Lipinski definition) is 1. The van der Waals surface area contributed by atoms with Gasteiger partial charge in [-0.1, -0.05) is 6.07 Å². The maximum atomic E-state index is 15.0. The number of cyclic esters (lactones) is 1. The number of halogens is 2. The lowest BCUT2D eigenvalue weighted by Crippen LogP contribution is -2.38. The van der Waals surface area contributed by atoms with Crippen LogP contribution in [0.5, 0.6) is 0 Å². The van der Waals surface area contributed by atoms with Crippen LogP contribution in [0.1, 0.15) is 20.8 Å². The molecule has 1 saturated heterocycles. The number of alkyl carbamates (subject to hydrolysis) is 1. The monoisotopic (exact) mass is 487 g/mol. The standard InChI is InChI=1S/C22H23F2N7O4/c1-22(2,3)35-20(32)26-10-13-11-31(21(33)34-13)18-8-15(23)14(7-16(18)24)12-5-6-17(25-9-12)19-27-29-30(4)28-19/h5-9,13H,10-11H2,1-4H3,(H,26,32)/t13-/m0/s1. The van der Waals surface area contributed by atoms with Gasteiger partial charge in [-0.3, -0.25) is 9.88 Å². The predicted molar refractivity (Wildman–Crippen MR) is 119 cm³/mol. The predicted octanol–water partition coefficient (Wildman–Crippen LogP) is 3.07. The van der Waals surface area contributed by atoms with Gasteiger partial charge in [-0.25, -0.2) is 18.4 Å². The first-order valence-electron chi connectivity index (χ1n) is 10.6. The average molecular weight is 487 g/mol.